The Bertz CT molecular complexity index is 1040. The second-order valence-corrected chi connectivity index (χ2v) is 7.47. The predicted octanol–water partition coefficient (Wildman–Crippen LogP) is 3.89. The molecular formula is C20H18BrN5O2. The third kappa shape index (κ3) is 3.55. The molecule has 1 aliphatic heterocycles. The van der Waals surface area contributed by atoms with Crippen LogP contribution in [-0.2, 0) is 11.4 Å². The number of hydrogen-bond acceptors (Lipinski definition) is 6. The molecule has 0 spiro atoms. The zero-order valence-corrected chi connectivity index (χ0v) is 17.0. The van der Waals surface area contributed by atoms with Crippen molar-refractivity contribution in [2.45, 2.75) is 26.5 Å². The standard InChI is InChI=1S/C20H18BrN5O2/c1-12-18(13(2)27)19(26-20(22-12)23-24-25-26)15-5-9-17(10-6-15)28-11-14-3-7-16(21)8-4-14/h3-10,19H,11H2,1-2H3,(H,22,23,25). The number of allylic oxidation sites excluding steroid dienone is 2. The smallest absolute Gasteiger partial charge is 0.248 e. The Morgan fingerprint density at radius 3 is 2.57 bits per heavy atom. The van der Waals surface area contributed by atoms with Crippen molar-refractivity contribution in [1.82, 2.24) is 20.2 Å². The van der Waals surface area contributed by atoms with E-state index in [9.17, 15) is 4.79 Å². The number of hydrogen-bond donors (Lipinski definition) is 1. The van der Waals surface area contributed by atoms with Gasteiger partial charge in [-0.15, -0.1) is 0 Å². The van der Waals surface area contributed by atoms with Gasteiger partial charge in [-0.25, -0.2) is 0 Å². The maximum atomic E-state index is 12.3. The molecule has 1 aromatic heterocycles. The molecule has 0 saturated carbocycles. The summed E-state index contributed by atoms with van der Waals surface area (Å²) in [6.45, 7) is 3.89. The van der Waals surface area contributed by atoms with Gasteiger partial charge in [0.25, 0.3) is 0 Å². The number of Topliss-reactive ketones (excluding diaryl/α,β-unsaturated/α-hetero) is 1. The number of anilines is 1. The number of nitrogens with zero attached hydrogens (tertiary/aromatic N) is 4. The molecule has 1 aliphatic rings. The van der Waals surface area contributed by atoms with Crippen molar-refractivity contribution in [3.63, 3.8) is 0 Å². The molecule has 4 rings (SSSR count). The quantitative estimate of drug-likeness (QED) is 0.649. The zero-order chi connectivity index (χ0) is 19.7. The maximum Gasteiger partial charge on any atom is 0.248 e. The van der Waals surface area contributed by atoms with Crippen LogP contribution in [0, 0.1) is 0 Å². The first-order valence-corrected chi connectivity index (χ1v) is 9.56. The average Bonchev–Trinajstić information content (AvgIpc) is 3.14. The van der Waals surface area contributed by atoms with Gasteiger partial charge in [0.15, 0.2) is 5.78 Å². The van der Waals surface area contributed by atoms with Crippen molar-refractivity contribution in [2.75, 3.05) is 5.32 Å². The number of tetrazole rings is 1. The number of carbonyl (C=O) groups excluding carboxylic acids is 1. The highest BCUT2D eigenvalue weighted by Gasteiger charge is 2.32. The molecule has 0 saturated heterocycles. The van der Waals surface area contributed by atoms with Crippen LogP contribution in [0.2, 0.25) is 0 Å². The van der Waals surface area contributed by atoms with Crippen LogP contribution in [0.3, 0.4) is 0 Å². The summed E-state index contributed by atoms with van der Waals surface area (Å²) >= 11 is 3.43. The highest BCUT2D eigenvalue weighted by atomic mass is 79.9. The number of ether oxygens (including phenoxy) is 1. The minimum absolute atomic E-state index is 0.0216. The molecule has 0 amide bonds. The number of benzene rings is 2. The van der Waals surface area contributed by atoms with Gasteiger partial charge in [-0.05, 0) is 59.7 Å². The topological polar surface area (TPSA) is 81.9 Å². The third-order valence-electron chi connectivity index (χ3n) is 4.61. The van der Waals surface area contributed by atoms with E-state index in [4.69, 9.17) is 4.74 Å². The Morgan fingerprint density at radius 2 is 1.89 bits per heavy atom. The van der Waals surface area contributed by atoms with Gasteiger partial charge in [-0.2, -0.15) is 4.68 Å². The SMILES string of the molecule is CC(=O)C1=C(C)Nc2nnnn2C1c1ccc(OCc2ccc(Br)cc2)cc1. The van der Waals surface area contributed by atoms with Crippen molar-refractivity contribution in [3.8, 4) is 5.75 Å². The first kappa shape index (κ1) is 18.4. The molecule has 1 atom stereocenters. The van der Waals surface area contributed by atoms with Crippen LogP contribution >= 0.6 is 15.9 Å². The summed E-state index contributed by atoms with van der Waals surface area (Å²) in [6, 6.07) is 15.3. The second-order valence-electron chi connectivity index (χ2n) is 6.55. The third-order valence-corrected chi connectivity index (χ3v) is 5.14. The summed E-state index contributed by atoms with van der Waals surface area (Å²) in [4.78, 5) is 12.3. The summed E-state index contributed by atoms with van der Waals surface area (Å²) in [5, 5.41) is 14.9. The summed E-state index contributed by atoms with van der Waals surface area (Å²) in [5.74, 6) is 1.25. The summed E-state index contributed by atoms with van der Waals surface area (Å²) in [6.07, 6.45) is 0. The number of fused-ring (bicyclic) bond motifs is 1. The maximum absolute atomic E-state index is 12.3. The van der Waals surface area contributed by atoms with Crippen molar-refractivity contribution < 1.29 is 9.53 Å². The van der Waals surface area contributed by atoms with E-state index in [0.29, 0.717) is 18.1 Å². The van der Waals surface area contributed by atoms with E-state index >= 15 is 0 Å². The lowest BCUT2D eigenvalue weighted by molar-refractivity contribution is -0.114. The van der Waals surface area contributed by atoms with E-state index in [1.54, 1.807) is 11.6 Å². The molecule has 142 valence electrons. The first-order chi connectivity index (χ1) is 13.5. The largest absolute Gasteiger partial charge is 0.489 e. The van der Waals surface area contributed by atoms with Gasteiger partial charge in [0.1, 0.15) is 18.4 Å². The fraction of sp³-hybridized carbons (Fsp3) is 0.200. The van der Waals surface area contributed by atoms with Gasteiger partial charge in [0, 0.05) is 15.7 Å². The molecule has 3 aromatic rings. The van der Waals surface area contributed by atoms with Gasteiger partial charge in [0.05, 0.1) is 0 Å². The van der Waals surface area contributed by atoms with Gasteiger partial charge in [-0.3, -0.25) is 4.79 Å². The highest BCUT2D eigenvalue weighted by molar-refractivity contribution is 9.10. The Balaban J connectivity index is 1.57. The van der Waals surface area contributed by atoms with E-state index in [2.05, 4.69) is 36.8 Å². The van der Waals surface area contributed by atoms with E-state index in [-0.39, 0.29) is 11.8 Å². The summed E-state index contributed by atoms with van der Waals surface area (Å²) in [5.41, 5.74) is 3.40. The lowest BCUT2D eigenvalue weighted by atomic mass is 9.93. The minimum Gasteiger partial charge on any atom is -0.489 e. The van der Waals surface area contributed by atoms with Crippen LogP contribution in [0.4, 0.5) is 5.95 Å². The van der Waals surface area contributed by atoms with Crippen molar-refractivity contribution in [2.24, 2.45) is 0 Å². The number of nitrogens with one attached hydrogen (secondary N) is 1. The summed E-state index contributed by atoms with van der Waals surface area (Å²) < 4.78 is 8.53. The molecule has 1 N–H and O–H groups in total. The number of halogens is 1. The molecule has 0 fully saturated rings. The normalized spacial score (nSPS) is 15.8. The average molecular weight is 440 g/mol. The number of aromatic nitrogens is 4. The molecule has 2 heterocycles. The summed E-state index contributed by atoms with van der Waals surface area (Å²) in [7, 11) is 0. The zero-order valence-electron chi connectivity index (χ0n) is 15.4. The van der Waals surface area contributed by atoms with Crippen molar-refractivity contribution in [3.05, 3.63) is 75.4 Å². The molecule has 28 heavy (non-hydrogen) atoms. The number of carbonyl (C=O) groups is 1. The molecule has 0 radical (unpaired) electrons. The van der Waals surface area contributed by atoms with Crippen molar-refractivity contribution in [1.29, 1.82) is 0 Å². The molecule has 0 bridgehead atoms. The van der Waals surface area contributed by atoms with Crippen LogP contribution in [0.25, 0.3) is 0 Å². The van der Waals surface area contributed by atoms with Crippen LogP contribution in [0.15, 0.2) is 64.3 Å². The van der Waals surface area contributed by atoms with Gasteiger partial charge >= 0.3 is 0 Å². The molecule has 8 heteroatoms. The van der Waals surface area contributed by atoms with E-state index < -0.39 is 0 Å². The monoisotopic (exact) mass is 439 g/mol. The van der Waals surface area contributed by atoms with Gasteiger partial charge < -0.3 is 10.1 Å². The van der Waals surface area contributed by atoms with Crippen LogP contribution < -0.4 is 10.1 Å². The van der Waals surface area contributed by atoms with Gasteiger partial charge in [0.2, 0.25) is 5.95 Å². The van der Waals surface area contributed by atoms with Crippen molar-refractivity contribution >= 4 is 27.7 Å². The fourth-order valence-electron chi connectivity index (χ4n) is 3.27. The Morgan fingerprint density at radius 1 is 1.18 bits per heavy atom. The van der Waals surface area contributed by atoms with E-state index in [0.717, 1.165) is 27.0 Å². The molecule has 7 nitrogen and oxygen atoms in total. The number of rotatable bonds is 5. The Hall–Kier alpha value is -3.00. The minimum atomic E-state index is -0.371. The van der Waals surface area contributed by atoms with Gasteiger partial charge in [-0.1, -0.05) is 45.3 Å². The van der Waals surface area contributed by atoms with Crippen LogP contribution in [-0.4, -0.2) is 26.0 Å². The van der Waals surface area contributed by atoms with E-state index in [1.807, 2.05) is 55.5 Å². The predicted molar refractivity (Wildman–Crippen MR) is 108 cm³/mol. The van der Waals surface area contributed by atoms with Crippen LogP contribution in [0.5, 0.6) is 5.75 Å². The molecule has 0 aliphatic carbocycles. The Labute approximate surface area is 170 Å². The van der Waals surface area contributed by atoms with E-state index in [1.165, 1.54) is 0 Å². The lowest BCUT2D eigenvalue weighted by Crippen LogP contribution is -2.27. The first-order valence-electron chi connectivity index (χ1n) is 8.76. The van der Waals surface area contributed by atoms with Crippen LogP contribution in [0.1, 0.15) is 31.0 Å². The Kier molecular flexibility index (Phi) is 4.95. The highest BCUT2D eigenvalue weighted by Crippen LogP contribution is 2.35. The molecule has 2 aromatic carbocycles. The second kappa shape index (κ2) is 7.55. The number of ketones is 1. The molecular weight excluding hydrogens is 422 g/mol. The molecule has 1 unspecified atom stereocenters. The lowest BCUT2D eigenvalue weighted by Gasteiger charge is -2.27. The fourth-order valence-corrected chi connectivity index (χ4v) is 3.53.